The first-order valence-electron chi connectivity index (χ1n) is 6.52. The number of nitrogen functional groups attached to an aromatic ring is 1. The Bertz CT molecular complexity index is 712. The number of rotatable bonds is 5. The van der Waals surface area contributed by atoms with E-state index in [1.54, 1.807) is 6.26 Å². The molecule has 0 aliphatic rings. The van der Waals surface area contributed by atoms with Crippen LogP contribution in [0.2, 0.25) is 0 Å². The van der Waals surface area contributed by atoms with Gasteiger partial charge in [0.05, 0.1) is 11.4 Å². The minimum Gasteiger partial charge on any atom is -0.397 e. The van der Waals surface area contributed by atoms with E-state index in [9.17, 15) is 9.00 Å². The molecule has 0 aromatic carbocycles. The third kappa shape index (κ3) is 3.38. The fraction of sp³-hybridized carbons (Fsp3) is 0.462. The Hall–Kier alpha value is -1.54. The van der Waals surface area contributed by atoms with Crippen LogP contribution in [0.5, 0.6) is 0 Å². The van der Waals surface area contributed by atoms with Gasteiger partial charge in [-0.2, -0.15) is 5.10 Å². The molecule has 0 fully saturated rings. The Labute approximate surface area is 129 Å². The zero-order valence-electron chi connectivity index (χ0n) is 12.2. The predicted octanol–water partition coefficient (Wildman–Crippen LogP) is 1.39. The Kier molecular flexibility index (Phi) is 4.89. The lowest BCUT2D eigenvalue weighted by molar-refractivity contribution is 0.0958. The molecule has 21 heavy (non-hydrogen) atoms. The van der Waals surface area contributed by atoms with Gasteiger partial charge in [-0.05, 0) is 25.8 Å². The summed E-state index contributed by atoms with van der Waals surface area (Å²) >= 11 is 1.25. The van der Waals surface area contributed by atoms with Crippen LogP contribution in [0.15, 0.2) is 0 Å². The van der Waals surface area contributed by atoms with Crippen molar-refractivity contribution < 1.29 is 9.00 Å². The fourth-order valence-electron chi connectivity index (χ4n) is 1.97. The van der Waals surface area contributed by atoms with E-state index in [0.29, 0.717) is 34.1 Å². The van der Waals surface area contributed by atoms with Crippen molar-refractivity contribution in [3.8, 4) is 0 Å². The molecular formula is C13H18N4O2S2. The second-order valence-electron chi connectivity index (χ2n) is 4.82. The van der Waals surface area contributed by atoms with Gasteiger partial charge in [-0.15, -0.1) is 16.4 Å². The highest BCUT2D eigenvalue weighted by Gasteiger charge is 2.19. The highest BCUT2D eigenvalue weighted by atomic mass is 32.2. The van der Waals surface area contributed by atoms with Gasteiger partial charge in [0, 0.05) is 34.7 Å². The van der Waals surface area contributed by atoms with Crippen molar-refractivity contribution in [1.82, 2.24) is 15.5 Å². The average Bonchev–Trinajstić information content (AvgIpc) is 2.76. The first-order valence-corrected chi connectivity index (χ1v) is 9.06. The Morgan fingerprint density at radius 2 is 2.10 bits per heavy atom. The molecule has 8 heteroatoms. The summed E-state index contributed by atoms with van der Waals surface area (Å²) in [4.78, 5) is 13.3. The van der Waals surface area contributed by atoms with E-state index < -0.39 is 10.8 Å². The number of thiophene rings is 1. The topological polar surface area (TPSA) is 98.0 Å². The van der Waals surface area contributed by atoms with Gasteiger partial charge in [-0.25, -0.2) is 0 Å². The average molecular weight is 326 g/mol. The van der Waals surface area contributed by atoms with Gasteiger partial charge in [0.15, 0.2) is 0 Å². The third-order valence-corrected chi connectivity index (χ3v) is 5.19. The van der Waals surface area contributed by atoms with Crippen molar-refractivity contribution >= 4 is 43.9 Å². The molecule has 2 heterocycles. The summed E-state index contributed by atoms with van der Waals surface area (Å²) in [5, 5.41) is 11.8. The first kappa shape index (κ1) is 15.8. The molecule has 0 saturated heterocycles. The molecule has 0 aliphatic carbocycles. The van der Waals surface area contributed by atoms with Crippen molar-refractivity contribution in [3.63, 3.8) is 0 Å². The number of aryl methyl sites for hydroxylation is 2. The molecule has 2 aromatic heterocycles. The predicted molar refractivity (Wildman–Crippen MR) is 87.2 cm³/mol. The smallest absolute Gasteiger partial charge is 0.263 e. The van der Waals surface area contributed by atoms with Crippen LogP contribution in [0.25, 0.3) is 10.2 Å². The SMILES string of the molecule is Cc1nnc2sc(C(=O)NCCCS(C)=O)c(N)c2c1C. The maximum atomic E-state index is 12.2. The van der Waals surface area contributed by atoms with Crippen LogP contribution in [0.3, 0.4) is 0 Å². The van der Waals surface area contributed by atoms with Crippen molar-refractivity contribution in [1.29, 1.82) is 0 Å². The summed E-state index contributed by atoms with van der Waals surface area (Å²) in [6, 6.07) is 0. The number of fused-ring (bicyclic) bond motifs is 1. The van der Waals surface area contributed by atoms with E-state index in [2.05, 4.69) is 15.5 Å². The van der Waals surface area contributed by atoms with Gasteiger partial charge in [-0.3, -0.25) is 9.00 Å². The van der Waals surface area contributed by atoms with Crippen LogP contribution in [0.4, 0.5) is 5.69 Å². The minimum atomic E-state index is -0.839. The standard InChI is InChI=1S/C13H18N4O2S2/c1-7-8(2)16-17-13-9(7)10(14)11(20-13)12(18)15-5-4-6-21(3)19/h4-6,14H2,1-3H3,(H,15,18). The molecule has 0 radical (unpaired) electrons. The molecule has 0 spiro atoms. The van der Waals surface area contributed by atoms with Crippen molar-refractivity contribution in [3.05, 3.63) is 16.1 Å². The van der Waals surface area contributed by atoms with Crippen LogP contribution in [-0.2, 0) is 10.8 Å². The minimum absolute atomic E-state index is 0.213. The number of anilines is 1. The second kappa shape index (κ2) is 6.48. The molecular weight excluding hydrogens is 308 g/mol. The molecule has 3 N–H and O–H groups in total. The summed E-state index contributed by atoms with van der Waals surface area (Å²) in [6.45, 7) is 4.27. The summed E-state index contributed by atoms with van der Waals surface area (Å²) in [5.41, 5.74) is 8.32. The monoisotopic (exact) mass is 326 g/mol. The van der Waals surface area contributed by atoms with Gasteiger partial charge < -0.3 is 11.1 Å². The summed E-state index contributed by atoms with van der Waals surface area (Å²) < 4.78 is 11.0. The van der Waals surface area contributed by atoms with Crippen LogP contribution in [0.1, 0.15) is 27.3 Å². The number of nitrogens with zero attached hydrogens (tertiary/aromatic N) is 2. The number of carbonyl (C=O) groups excluding carboxylic acids is 1. The number of aromatic nitrogens is 2. The Morgan fingerprint density at radius 1 is 1.38 bits per heavy atom. The molecule has 1 atom stereocenters. The Morgan fingerprint density at radius 3 is 2.76 bits per heavy atom. The highest BCUT2D eigenvalue weighted by molar-refractivity contribution is 7.84. The van der Waals surface area contributed by atoms with E-state index in [-0.39, 0.29) is 5.91 Å². The highest BCUT2D eigenvalue weighted by Crippen LogP contribution is 2.34. The molecule has 0 saturated carbocycles. The molecule has 0 aliphatic heterocycles. The zero-order valence-corrected chi connectivity index (χ0v) is 13.9. The van der Waals surface area contributed by atoms with Crippen LogP contribution in [0, 0.1) is 13.8 Å². The Balaban J connectivity index is 2.18. The number of carbonyl (C=O) groups is 1. The molecule has 1 amide bonds. The van der Waals surface area contributed by atoms with E-state index >= 15 is 0 Å². The number of nitrogens with one attached hydrogen (secondary N) is 1. The number of hydrogen-bond donors (Lipinski definition) is 2. The van der Waals surface area contributed by atoms with Gasteiger partial charge >= 0.3 is 0 Å². The van der Waals surface area contributed by atoms with Crippen molar-refractivity contribution in [2.75, 3.05) is 24.3 Å². The molecule has 2 rings (SSSR count). The summed E-state index contributed by atoms with van der Waals surface area (Å²) in [6.07, 6.45) is 2.33. The van der Waals surface area contributed by atoms with Crippen LogP contribution >= 0.6 is 11.3 Å². The first-order chi connectivity index (χ1) is 9.91. The normalized spacial score (nSPS) is 12.5. The number of amides is 1. The molecule has 2 aromatic rings. The maximum Gasteiger partial charge on any atom is 0.263 e. The molecule has 6 nitrogen and oxygen atoms in total. The molecule has 1 unspecified atom stereocenters. The van der Waals surface area contributed by atoms with Gasteiger partial charge in [0.1, 0.15) is 9.71 Å². The summed E-state index contributed by atoms with van der Waals surface area (Å²) in [7, 11) is -0.839. The van der Waals surface area contributed by atoms with E-state index in [0.717, 1.165) is 16.6 Å². The van der Waals surface area contributed by atoms with Crippen molar-refractivity contribution in [2.24, 2.45) is 0 Å². The van der Waals surface area contributed by atoms with Gasteiger partial charge in [-0.1, -0.05) is 0 Å². The lowest BCUT2D eigenvalue weighted by atomic mass is 10.1. The lowest BCUT2D eigenvalue weighted by Gasteiger charge is -2.04. The number of hydrogen-bond acceptors (Lipinski definition) is 6. The second-order valence-corrected chi connectivity index (χ2v) is 7.38. The van der Waals surface area contributed by atoms with E-state index in [1.165, 1.54) is 11.3 Å². The fourth-order valence-corrected chi connectivity index (χ4v) is 3.53. The zero-order chi connectivity index (χ0) is 15.6. The molecule has 0 bridgehead atoms. The van der Waals surface area contributed by atoms with E-state index in [1.807, 2.05) is 13.8 Å². The number of nitrogens with two attached hydrogens (primary N) is 1. The largest absolute Gasteiger partial charge is 0.397 e. The van der Waals surface area contributed by atoms with Gasteiger partial charge in [0.25, 0.3) is 5.91 Å². The van der Waals surface area contributed by atoms with Crippen LogP contribution < -0.4 is 11.1 Å². The quantitative estimate of drug-likeness (QED) is 0.809. The van der Waals surface area contributed by atoms with Crippen molar-refractivity contribution in [2.45, 2.75) is 20.3 Å². The maximum absolute atomic E-state index is 12.2. The third-order valence-electron chi connectivity index (χ3n) is 3.24. The lowest BCUT2D eigenvalue weighted by Crippen LogP contribution is -2.25. The van der Waals surface area contributed by atoms with E-state index in [4.69, 9.17) is 5.73 Å². The molecule has 114 valence electrons. The summed E-state index contributed by atoms with van der Waals surface area (Å²) in [5.74, 6) is 0.362. The van der Waals surface area contributed by atoms with Crippen LogP contribution in [-0.4, -0.2) is 38.9 Å². The van der Waals surface area contributed by atoms with Gasteiger partial charge in [0.2, 0.25) is 0 Å².